The van der Waals surface area contributed by atoms with Crippen molar-refractivity contribution in [3.05, 3.63) is 64.7 Å². The zero-order valence-corrected chi connectivity index (χ0v) is 22.2. The molecule has 2 amide bonds. The summed E-state index contributed by atoms with van der Waals surface area (Å²) in [6, 6.07) is 6.71. The minimum atomic E-state index is -0.729. The molecule has 1 N–H and O–H groups in total. The first-order chi connectivity index (χ1) is 19.2. The van der Waals surface area contributed by atoms with Gasteiger partial charge in [0.05, 0.1) is 18.2 Å². The molecule has 2 aliphatic heterocycles. The van der Waals surface area contributed by atoms with E-state index in [4.69, 9.17) is 10.00 Å². The minimum absolute atomic E-state index is 0.0187. The Morgan fingerprint density at radius 2 is 1.82 bits per heavy atom. The van der Waals surface area contributed by atoms with Crippen molar-refractivity contribution in [1.29, 1.82) is 5.26 Å². The fourth-order valence-corrected chi connectivity index (χ4v) is 6.02. The number of amides is 2. The van der Waals surface area contributed by atoms with Crippen molar-refractivity contribution >= 4 is 12.0 Å². The molecule has 0 atom stereocenters. The van der Waals surface area contributed by atoms with Crippen LogP contribution >= 0.6 is 0 Å². The molecule has 3 heterocycles. The zero-order chi connectivity index (χ0) is 28.3. The lowest BCUT2D eigenvalue weighted by molar-refractivity contribution is -0.126. The standard InChI is InChI=1S/C29H32F3N5O3/c30-24-11-21(13-33)12-25(31)23(24)17-36-9-7-29(8-10-36)18-37(28(39)40-29)16-19-1-4-22(5-2-19)27(38)35-15-20-3-6-26(32)34-14-20/h3,6,11-12,14,19,22H,1-2,4-5,7-10,15-18H2,(H,35,38). The molecule has 3 aliphatic rings. The number of piperidine rings is 1. The normalized spacial score (nSPS) is 22.6. The molecule has 0 bridgehead atoms. The van der Waals surface area contributed by atoms with Crippen LogP contribution in [0.15, 0.2) is 30.5 Å². The SMILES string of the molecule is N#Cc1cc(F)c(CN2CCC3(CC2)CN(CC2CCC(C(=O)NCc4ccc(F)nc4)CC2)C(=O)O3)c(F)c1. The molecule has 1 aromatic carbocycles. The first-order valence-corrected chi connectivity index (χ1v) is 13.7. The van der Waals surface area contributed by atoms with Crippen LogP contribution in [0.4, 0.5) is 18.0 Å². The maximum Gasteiger partial charge on any atom is 0.410 e. The van der Waals surface area contributed by atoms with Crippen molar-refractivity contribution in [2.75, 3.05) is 26.2 Å². The molecule has 2 saturated heterocycles. The molecule has 2 aromatic rings. The summed E-state index contributed by atoms with van der Waals surface area (Å²) < 4.78 is 47.5. The van der Waals surface area contributed by atoms with E-state index in [2.05, 4.69) is 10.3 Å². The van der Waals surface area contributed by atoms with E-state index in [1.807, 2.05) is 4.90 Å². The number of nitriles is 1. The topological polar surface area (TPSA) is 98.6 Å². The van der Waals surface area contributed by atoms with Crippen molar-refractivity contribution in [1.82, 2.24) is 20.1 Å². The van der Waals surface area contributed by atoms with E-state index in [-0.39, 0.29) is 41.5 Å². The van der Waals surface area contributed by atoms with Crippen molar-refractivity contribution in [2.45, 2.75) is 57.2 Å². The fourth-order valence-electron chi connectivity index (χ4n) is 6.02. The number of benzene rings is 1. The van der Waals surface area contributed by atoms with E-state index >= 15 is 0 Å². The molecule has 40 heavy (non-hydrogen) atoms. The number of hydrogen-bond acceptors (Lipinski definition) is 6. The largest absolute Gasteiger partial charge is 0.441 e. The maximum atomic E-state index is 14.3. The lowest BCUT2D eigenvalue weighted by Crippen LogP contribution is -2.47. The predicted octanol–water partition coefficient (Wildman–Crippen LogP) is 4.28. The van der Waals surface area contributed by atoms with Gasteiger partial charge in [-0.1, -0.05) is 6.07 Å². The number of aromatic nitrogens is 1. The molecule has 8 nitrogen and oxygen atoms in total. The van der Waals surface area contributed by atoms with Crippen LogP contribution in [-0.4, -0.2) is 58.6 Å². The lowest BCUT2D eigenvalue weighted by Gasteiger charge is -2.37. The third-order valence-electron chi connectivity index (χ3n) is 8.41. The molecular formula is C29H32F3N5O3. The highest BCUT2D eigenvalue weighted by atomic mass is 19.1. The van der Waals surface area contributed by atoms with E-state index in [0.29, 0.717) is 45.6 Å². The van der Waals surface area contributed by atoms with Gasteiger partial charge in [0.15, 0.2) is 0 Å². The van der Waals surface area contributed by atoms with Crippen LogP contribution < -0.4 is 5.32 Å². The molecule has 5 rings (SSSR count). The average Bonchev–Trinajstić information content (AvgIpc) is 3.25. The third kappa shape index (κ3) is 6.39. The van der Waals surface area contributed by atoms with Gasteiger partial charge in [0, 0.05) is 63.2 Å². The summed E-state index contributed by atoms with van der Waals surface area (Å²) in [6.45, 7) is 2.55. The van der Waals surface area contributed by atoms with Gasteiger partial charge < -0.3 is 15.0 Å². The summed E-state index contributed by atoms with van der Waals surface area (Å²) in [5.74, 6) is -1.83. The van der Waals surface area contributed by atoms with Gasteiger partial charge in [0.25, 0.3) is 0 Å². The number of nitrogens with one attached hydrogen (secondary N) is 1. The van der Waals surface area contributed by atoms with Crippen LogP contribution in [0.5, 0.6) is 0 Å². The van der Waals surface area contributed by atoms with Gasteiger partial charge >= 0.3 is 6.09 Å². The molecule has 0 radical (unpaired) electrons. The van der Waals surface area contributed by atoms with Gasteiger partial charge in [0.2, 0.25) is 11.9 Å². The van der Waals surface area contributed by atoms with E-state index in [1.165, 1.54) is 12.3 Å². The number of likely N-dealkylation sites (tertiary alicyclic amines) is 1. The van der Waals surface area contributed by atoms with Crippen molar-refractivity contribution in [2.24, 2.45) is 11.8 Å². The second kappa shape index (κ2) is 11.8. The second-order valence-electron chi connectivity index (χ2n) is 11.2. The molecule has 1 aliphatic carbocycles. The van der Waals surface area contributed by atoms with Gasteiger partial charge in [0.1, 0.15) is 17.2 Å². The zero-order valence-electron chi connectivity index (χ0n) is 22.2. The monoisotopic (exact) mass is 555 g/mol. The van der Waals surface area contributed by atoms with Crippen LogP contribution in [0.3, 0.4) is 0 Å². The molecule has 1 aromatic heterocycles. The highest BCUT2D eigenvalue weighted by molar-refractivity contribution is 5.78. The number of carbonyl (C=O) groups excluding carboxylic acids is 2. The Kier molecular flexibility index (Phi) is 8.26. The second-order valence-corrected chi connectivity index (χ2v) is 11.2. The first kappa shape index (κ1) is 27.9. The van der Waals surface area contributed by atoms with E-state index in [1.54, 1.807) is 17.0 Å². The van der Waals surface area contributed by atoms with Crippen molar-refractivity contribution in [3.63, 3.8) is 0 Å². The van der Waals surface area contributed by atoms with Crippen molar-refractivity contribution in [3.8, 4) is 6.07 Å². The number of halogens is 3. The van der Waals surface area contributed by atoms with Gasteiger partial charge in [-0.05, 0) is 55.4 Å². The Hall–Kier alpha value is -3.65. The molecule has 212 valence electrons. The van der Waals surface area contributed by atoms with Gasteiger partial charge in [-0.15, -0.1) is 0 Å². The first-order valence-electron chi connectivity index (χ1n) is 13.7. The van der Waals surface area contributed by atoms with E-state index in [9.17, 15) is 22.8 Å². The van der Waals surface area contributed by atoms with E-state index in [0.717, 1.165) is 43.4 Å². The summed E-state index contributed by atoms with van der Waals surface area (Å²) >= 11 is 0. The Balaban J connectivity index is 1.06. The van der Waals surface area contributed by atoms with Crippen LogP contribution in [0, 0.1) is 40.7 Å². The molecule has 0 unspecified atom stereocenters. The van der Waals surface area contributed by atoms with Crippen LogP contribution in [0.2, 0.25) is 0 Å². The molecular weight excluding hydrogens is 523 g/mol. The molecule has 1 spiro atoms. The summed E-state index contributed by atoms with van der Waals surface area (Å²) in [7, 11) is 0. The Labute approximate surface area is 231 Å². The van der Waals surface area contributed by atoms with Crippen LogP contribution in [0.1, 0.15) is 55.2 Å². The van der Waals surface area contributed by atoms with Crippen LogP contribution in [-0.2, 0) is 22.6 Å². The highest BCUT2D eigenvalue weighted by Gasteiger charge is 2.47. The predicted molar refractivity (Wildman–Crippen MR) is 138 cm³/mol. The maximum absolute atomic E-state index is 14.3. The number of rotatable bonds is 7. The average molecular weight is 556 g/mol. The molecule has 1 saturated carbocycles. The Morgan fingerprint density at radius 3 is 2.45 bits per heavy atom. The fraction of sp³-hybridized carbons (Fsp3) is 0.517. The summed E-state index contributed by atoms with van der Waals surface area (Å²) in [6.07, 6.45) is 5.38. The smallest absolute Gasteiger partial charge is 0.410 e. The molecule has 3 fully saturated rings. The van der Waals surface area contributed by atoms with Gasteiger partial charge in [-0.2, -0.15) is 9.65 Å². The lowest BCUT2D eigenvalue weighted by atomic mass is 9.81. The highest BCUT2D eigenvalue weighted by Crippen LogP contribution is 2.36. The number of carbonyl (C=O) groups is 2. The van der Waals surface area contributed by atoms with Crippen LogP contribution in [0.25, 0.3) is 0 Å². The minimum Gasteiger partial charge on any atom is -0.441 e. The summed E-state index contributed by atoms with van der Waals surface area (Å²) in [5.41, 5.74) is 0.0357. The summed E-state index contributed by atoms with van der Waals surface area (Å²) in [5, 5.41) is 11.8. The van der Waals surface area contributed by atoms with Gasteiger partial charge in [-0.3, -0.25) is 9.69 Å². The molecule has 11 heteroatoms. The quantitative estimate of drug-likeness (QED) is 0.513. The third-order valence-corrected chi connectivity index (χ3v) is 8.41. The number of nitrogens with zero attached hydrogens (tertiary/aromatic N) is 4. The van der Waals surface area contributed by atoms with Crippen molar-refractivity contribution < 1.29 is 27.5 Å². The number of ether oxygens (including phenoxy) is 1. The van der Waals surface area contributed by atoms with E-state index < -0.39 is 23.2 Å². The number of hydrogen-bond donors (Lipinski definition) is 1. The Bertz CT molecular complexity index is 1260. The van der Waals surface area contributed by atoms with Gasteiger partial charge in [-0.25, -0.2) is 18.6 Å². The Morgan fingerprint density at radius 1 is 1.12 bits per heavy atom. The number of pyridine rings is 1. The summed E-state index contributed by atoms with van der Waals surface area (Å²) in [4.78, 5) is 32.6.